The number of rotatable bonds is 4. The molecule has 2 amide bonds. The molecule has 2 saturated heterocycles. The first-order valence-electron chi connectivity index (χ1n) is 11.4. The normalized spacial score (nSPS) is 19.0. The van der Waals surface area contributed by atoms with Gasteiger partial charge in [0.05, 0.1) is 5.56 Å². The zero-order valence-electron chi connectivity index (χ0n) is 18.7. The third kappa shape index (κ3) is 3.85. The number of anilines is 1. The summed E-state index contributed by atoms with van der Waals surface area (Å²) in [5.41, 5.74) is 2.35. The number of imidazole rings is 1. The lowest BCUT2D eigenvalue weighted by atomic mass is 10.1. The second-order valence-electron chi connectivity index (χ2n) is 8.50. The molecule has 0 unspecified atom stereocenters. The zero-order chi connectivity index (χ0) is 22.1. The first-order valence-corrected chi connectivity index (χ1v) is 11.4. The summed E-state index contributed by atoms with van der Waals surface area (Å²) in [6, 6.07) is 0.304. The van der Waals surface area contributed by atoms with Gasteiger partial charge in [-0.3, -0.25) is 0 Å². The molecular formula is C22H29N9O. The average molecular weight is 436 g/mol. The lowest BCUT2D eigenvalue weighted by molar-refractivity contribution is 0.152. The summed E-state index contributed by atoms with van der Waals surface area (Å²) in [5.74, 6) is 2.20. The lowest BCUT2D eigenvalue weighted by Crippen LogP contribution is -2.45. The van der Waals surface area contributed by atoms with E-state index in [0.29, 0.717) is 12.4 Å². The molecule has 5 heterocycles. The van der Waals surface area contributed by atoms with Gasteiger partial charge in [-0.15, -0.1) is 0 Å². The van der Waals surface area contributed by atoms with Crippen molar-refractivity contribution in [1.29, 1.82) is 0 Å². The fourth-order valence-corrected chi connectivity index (χ4v) is 4.60. The molecule has 3 aromatic rings. The van der Waals surface area contributed by atoms with Crippen LogP contribution in [0.4, 0.5) is 10.6 Å². The Hall–Kier alpha value is -3.30. The second-order valence-corrected chi connectivity index (χ2v) is 8.50. The fourth-order valence-electron chi connectivity index (χ4n) is 4.60. The van der Waals surface area contributed by atoms with E-state index in [4.69, 9.17) is 4.98 Å². The van der Waals surface area contributed by atoms with Gasteiger partial charge in [0.1, 0.15) is 18.0 Å². The molecule has 5 rings (SSSR count). The third-order valence-electron chi connectivity index (χ3n) is 6.31. The fraction of sp³-hybridized carbons (Fsp3) is 0.545. The number of piperidine rings is 1. The first kappa shape index (κ1) is 20.6. The molecule has 32 heavy (non-hydrogen) atoms. The summed E-state index contributed by atoms with van der Waals surface area (Å²) in [5, 5.41) is 3.53. The van der Waals surface area contributed by atoms with Crippen molar-refractivity contribution in [2.24, 2.45) is 0 Å². The summed E-state index contributed by atoms with van der Waals surface area (Å²) in [6.45, 7) is 7.83. The van der Waals surface area contributed by atoms with Crippen molar-refractivity contribution in [3.8, 4) is 11.4 Å². The Morgan fingerprint density at radius 2 is 1.84 bits per heavy atom. The molecule has 168 valence electrons. The van der Waals surface area contributed by atoms with E-state index in [-0.39, 0.29) is 12.1 Å². The highest BCUT2D eigenvalue weighted by molar-refractivity contribution is 5.86. The number of carbonyl (C=O) groups excluding carboxylic acids is 1. The number of aryl methyl sites for hydroxylation is 2. The van der Waals surface area contributed by atoms with Gasteiger partial charge in [-0.1, -0.05) is 0 Å². The minimum Gasteiger partial charge on any atom is -0.364 e. The largest absolute Gasteiger partial charge is 0.364 e. The number of urea groups is 1. The molecule has 3 aromatic heterocycles. The van der Waals surface area contributed by atoms with Crippen LogP contribution in [0.25, 0.3) is 22.6 Å². The number of fused-ring (bicyclic) bond motifs is 1. The topological polar surface area (TPSA) is 105 Å². The number of amides is 2. The zero-order valence-corrected chi connectivity index (χ0v) is 18.7. The van der Waals surface area contributed by atoms with E-state index < -0.39 is 0 Å². The molecule has 1 atom stereocenters. The van der Waals surface area contributed by atoms with E-state index in [0.717, 1.165) is 73.8 Å². The monoisotopic (exact) mass is 435 g/mol. The van der Waals surface area contributed by atoms with Crippen molar-refractivity contribution in [3.05, 3.63) is 24.5 Å². The summed E-state index contributed by atoms with van der Waals surface area (Å²) in [7, 11) is 0. The minimum atomic E-state index is 0.139. The van der Waals surface area contributed by atoms with Gasteiger partial charge in [0, 0.05) is 51.2 Å². The van der Waals surface area contributed by atoms with Crippen molar-refractivity contribution in [1.82, 2.24) is 39.3 Å². The Morgan fingerprint density at radius 3 is 2.59 bits per heavy atom. The van der Waals surface area contributed by atoms with Crippen molar-refractivity contribution in [2.75, 3.05) is 31.5 Å². The molecule has 0 radical (unpaired) electrons. The van der Waals surface area contributed by atoms with Crippen LogP contribution in [-0.2, 0) is 6.54 Å². The molecule has 0 saturated carbocycles. The van der Waals surface area contributed by atoms with Gasteiger partial charge in [-0.2, -0.15) is 0 Å². The molecule has 2 aliphatic heterocycles. The van der Waals surface area contributed by atoms with Gasteiger partial charge in [0.15, 0.2) is 17.0 Å². The maximum absolute atomic E-state index is 12.8. The predicted octanol–water partition coefficient (Wildman–Crippen LogP) is 2.70. The van der Waals surface area contributed by atoms with E-state index in [1.807, 2.05) is 16.7 Å². The molecule has 2 fully saturated rings. The van der Waals surface area contributed by atoms with Crippen LogP contribution in [0.5, 0.6) is 0 Å². The average Bonchev–Trinajstić information content (AvgIpc) is 3.45. The highest BCUT2D eigenvalue weighted by atomic mass is 16.2. The van der Waals surface area contributed by atoms with Crippen molar-refractivity contribution in [2.45, 2.75) is 52.1 Å². The quantitative estimate of drug-likeness (QED) is 0.672. The number of carbonyl (C=O) groups is 1. The second kappa shape index (κ2) is 8.68. The Kier molecular flexibility index (Phi) is 5.59. The Balaban J connectivity index is 1.37. The standard InChI is InChI=1S/C22H29N9O/c1-3-31-20(16-11-23-15(2)24-12-16)28-18-19(25-14-26-21(18)31)27-17-7-10-30(13-17)22(32)29-8-5-4-6-9-29/h11-12,14,17H,3-10,13H2,1-2H3,(H,25,26,27)/t17-/m0/s1. The highest BCUT2D eigenvalue weighted by Crippen LogP contribution is 2.27. The molecular weight excluding hydrogens is 406 g/mol. The summed E-state index contributed by atoms with van der Waals surface area (Å²) in [6.07, 6.45) is 9.47. The number of hydrogen-bond acceptors (Lipinski definition) is 7. The van der Waals surface area contributed by atoms with E-state index in [1.165, 1.54) is 6.42 Å². The van der Waals surface area contributed by atoms with Crippen LogP contribution in [0.15, 0.2) is 18.7 Å². The lowest BCUT2D eigenvalue weighted by Gasteiger charge is -2.31. The molecule has 10 heteroatoms. The SMILES string of the molecule is CCn1c(-c2cnc(C)nc2)nc2c(N[C@H]3CCN(C(=O)N4CCCCC4)C3)ncnc21. The minimum absolute atomic E-state index is 0.139. The van der Waals surface area contributed by atoms with Crippen LogP contribution in [0, 0.1) is 6.92 Å². The smallest absolute Gasteiger partial charge is 0.320 e. The summed E-state index contributed by atoms with van der Waals surface area (Å²) < 4.78 is 2.05. The van der Waals surface area contributed by atoms with E-state index in [9.17, 15) is 4.79 Å². The van der Waals surface area contributed by atoms with Crippen LogP contribution in [0.3, 0.4) is 0 Å². The molecule has 2 aliphatic rings. The Labute approximate surface area is 187 Å². The van der Waals surface area contributed by atoms with Gasteiger partial charge in [0.25, 0.3) is 0 Å². The van der Waals surface area contributed by atoms with Gasteiger partial charge in [-0.05, 0) is 39.5 Å². The van der Waals surface area contributed by atoms with E-state index in [1.54, 1.807) is 18.7 Å². The van der Waals surface area contributed by atoms with Crippen molar-refractivity contribution >= 4 is 23.0 Å². The maximum atomic E-state index is 12.8. The third-order valence-corrected chi connectivity index (χ3v) is 6.31. The number of hydrogen-bond donors (Lipinski definition) is 1. The number of nitrogens with zero attached hydrogens (tertiary/aromatic N) is 8. The Bertz CT molecular complexity index is 1100. The van der Waals surface area contributed by atoms with Crippen molar-refractivity contribution in [3.63, 3.8) is 0 Å². The molecule has 0 bridgehead atoms. The van der Waals surface area contributed by atoms with Crippen LogP contribution in [0.2, 0.25) is 0 Å². The Morgan fingerprint density at radius 1 is 1.06 bits per heavy atom. The molecule has 10 nitrogen and oxygen atoms in total. The molecule has 0 aromatic carbocycles. The van der Waals surface area contributed by atoms with Gasteiger partial charge in [-0.25, -0.2) is 29.7 Å². The van der Waals surface area contributed by atoms with Crippen LogP contribution in [-0.4, -0.2) is 77.5 Å². The number of nitrogens with one attached hydrogen (secondary N) is 1. The van der Waals surface area contributed by atoms with Gasteiger partial charge in [0.2, 0.25) is 0 Å². The van der Waals surface area contributed by atoms with Crippen LogP contribution < -0.4 is 5.32 Å². The van der Waals surface area contributed by atoms with E-state index in [2.05, 4.69) is 36.7 Å². The van der Waals surface area contributed by atoms with Gasteiger partial charge >= 0.3 is 6.03 Å². The highest BCUT2D eigenvalue weighted by Gasteiger charge is 2.30. The number of likely N-dealkylation sites (tertiary alicyclic amines) is 2. The summed E-state index contributed by atoms with van der Waals surface area (Å²) >= 11 is 0. The van der Waals surface area contributed by atoms with Crippen molar-refractivity contribution < 1.29 is 4.79 Å². The molecule has 0 aliphatic carbocycles. The summed E-state index contributed by atoms with van der Waals surface area (Å²) in [4.78, 5) is 39.3. The van der Waals surface area contributed by atoms with Gasteiger partial charge < -0.3 is 19.7 Å². The molecule has 0 spiro atoms. The first-order chi connectivity index (χ1) is 15.6. The predicted molar refractivity (Wildman–Crippen MR) is 121 cm³/mol. The van der Waals surface area contributed by atoms with E-state index >= 15 is 0 Å². The van der Waals surface area contributed by atoms with Crippen LogP contribution >= 0.6 is 0 Å². The maximum Gasteiger partial charge on any atom is 0.320 e. The molecule has 1 N–H and O–H groups in total. The number of aromatic nitrogens is 6. The van der Waals surface area contributed by atoms with Crippen LogP contribution in [0.1, 0.15) is 38.4 Å².